The summed E-state index contributed by atoms with van der Waals surface area (Å²) < 4.78 is 22.4. The normalized spacial score (nSPS) is 10.8. The van der Waals surface area contributed by atoms with Gasteiger partial charge in [-0.3, -0.25) is 4.79 Å². The average molecular weight is 417 g/mol. The van der Waals surface area contributed by atoms with Crippen LogP contribution in [0.4, 0.5) is 5.69 Å². The Morgan fingerprint density at radius 1 is 0.968 bits per heavy atom. The molecule has 1 N–H and O–H groups in total. The lowest BCUT2D eigenvalue weighted by Crippen LogP contribution is -2.20. The molecule has 1 heterocycles. The van der Waals surface area contributed by atoms with Crippen molar-refractivity contribution < 1.29 is 23.4 Å². The summed E-state index contributed by atoms with van der Waals surface area (Å²) in [6, 6.07) is 16.9. The number of amides is 1. The maximum Gasteiger partial charge on any atom is 0.262 e. The monoisotopic (exact) mass is 417 g/mol. The second-order valence-electron chi connectivity index (χ2n) is 6.96. The molecule has 0 unspecified atom stereocenters. The molecule has 3 aromatic carbocycles. The number of nitrogens with one attached hydrogen (secondary N) is 1. The number of allylic oxidation sites excluding steroid dienone is 1. The van der Waals surface area contributed by atoms with Gasteiger partial charge in [-0.25, -0.2) is 0 Å². The van der Waals surface area contributed by atoms with Gasteiger partial charge in [-0.15, -0.1) is 6.58 Å². The molecule has 158 valence electrons. The molecule has 6 heteroatoms. The Balaban J connectivity index is 1.52. The van der Waals surface area contributed by atoms with Crippen LogP contribution in [0.2, 0.25) is 0 Å². The molecular weight excluding hydrogens is 394 g/mol. The highest BCUT2D eigenvalue weighted by molar-refractivity contribution is 6.07. The number of hydrogen-bond acceptors (Lipinski definition) is 5. The second-order valence-corrected chi connectivity index (χ2v) is 6.96. The fourth-order valence-corrected chi connectivity index (χ4v) is 3.47. The summed E-state index contributed by atoms with van der Waals surface area (Å²) in [6.45, 7) is 3.55. The van der Waals surface area contributed by atoms with Gasteiger partial charge in [-0.2, -0.15) is 0 Å². The largest absolute Gasteiger partial charge is 0.495 e. The number of furan rings is 1. The molecule has 0 aliphatic rings. The van der Waals surface area contributed by atoms with Crippen molar-refractivity contribution in [2.24, 2.45) is 0 Å². The predicted molar refractivity (Wildman–Crippen MR) is 121 cm³/mol. The van der Waals surface area contributed by atoms with Crippen molar-refractivity contribution in [1.82, 2.24) is 0 Å². The number of rotatable bonds is 8. The van der Waals surface area contributed by atoms with E-state index >= 15 is 0 Å². The van der Waals surface area contributed by atoms with E-state index in [4.69, 9.17) is 18.6 Å². The molecular formula is C25H23NO5. The van der Waals surface area contributed by atoms with Gasteiger partial charge in [0.05, 0.1) is 19.9 Å². The first-order valence-electron chi connectivity index (χ1n) is 9.82. The minimum Gasteiger partial charge on any atom is -0.495 e. The van der Waals surface area contributed by atoms with Crippen LogP contribution in [0.15, 0.2) is 71.7 Å². The number of benzene rings is 3. The van der Waals surface area contributed by atoms with Gasteiger partial charge in [0.25, 0.3) is 5.91 Å². The molecule has 0 radical (unpaired) electrons. The Labute approximate surface area is 180 Å². The van der Waals surface area contributed by atoms with Gasteiger partial charge in [0.1, 0.15) is 16.9 Å². The van der Waals surface area contributed by atoms with Gasteiger partial charge in [0.15, 0.2) is 18.1 Å². The number of anilines is 1. The van der Waals surface area contributed by atoms with Crippen molar-refractivity contribution in [1.29, 1.82) is 0 Å². The number of fused-ring (bicyclic) bond motifs is 3. The highest BCUT2D eigenvalue weighted by Crippen LogP contribution is 2.36. The van der Waals surface area contributed by atoms with Crippen LogP contribution < -0.4 is 19.5 Å². The van der Waals surface area contributed by atoms with Crippen molar-refractivity contribution in [3.8, 4) is 17.2 Å². The molecule has 0 bridgehead atoms. The molecule has 4 aromatic rings. The highest BCUT2D eigenvalue weighted by Gasteiger charge is 2.15. The molecule has 0 saturated carbocycles. The fraction of sp³-hybridized carbons (Fsp3) is 0.160. The zero-order valence-corrected chi connectivity index (χ0v) is 17.4. The van der Waals surface area contributed by atoms with E-state index in [0.717, 1.165) is 28.3 Å². The van der Waals surface area contributed by atoms with E-state index in [0.29, 0.717) is 28.5 Å². The van der Waals surface area contributed by atoms with Gasteiger partial charge in [-0.1, -0.05) is 30.3 Å². The maximum atomic E-state index is 12.6. The molecule has 1 amide bonds. The lowest BCUT2D eigenvalue weighted by atomic mass is 10.1. The Morgan fingerprint density at radius 3 is 2.55 bits per heavy atom. The van der Waals surface area contributed by atoms with E-state index in [1.165, 1.54) is 0 Å². The zero-order valence-electron chi connectivity index (χ0n) is 17.4. The van der Waals surface area contributed by atoms with Crippen LogP contribution in [0.5, 0.6) is 17.2 Å². The van der Waals surface area contributed by atoms with Crippen LogP contribution in [-0.2, 0) is 11.2 Å². The number of ether oxygens (including phenoxy) is 3. The Bertz CT molecular complexity index is 1260. The third kappa shape index (κ3) is 4.19. The minimum atomic E-state index is -0.328. The number of carbonyl (C=O) groups is 1. The lowest BCUT2D eigenvalue weighted by molar-refractivity contribution is -0.118. The van der Waals surface area contributed by atoms with E-state index in [9.17, 15) is 4.79 Å². The molecule has 0 fully saturated rings. The number of para-hydroxylation sites is 1. The van der Waals surface area contributed by atoms with E-state index in [1.807, 2.05) is 48.5 Å². The van der Waals surface area contributed by atoms with E-state index in [2.05, 4.69) is 11.9 Å². The molecule has 31 heavy (non-hydrogen) atoms. The molecule has 0 spiro atoms. The van der Waals surface area contributed by atoms with Crippen molar-refractivity contribution in [2.45, 2.75) is 6.42 Å². The lowest BCUT2D eigenvalue weighted by Gasteiger charge is -2.13. The van der Waals surface area contributed by atoms with Crippen molar-refractivity contribution >= 4 is 33.5 Å². The maximum absolute atomic E-state index is 12.6. The Kier molecular flexibility index (Phi) is 5.80. The van der Waals surface area contributed by atoms with Crippen LogP contribution >= 0.6 is 0 Å². The molecule has 6 nitrogen and oxygen atoms in total. The zero-order chi connectivity index (χ0) is 21.8. The average Bonchev–Trinajstić information content (AvgIpc) is 3.15. The van der Waals surface area contributed by atoms with Crippen molar-refractivity contribution in [2.75, 3.05) is 26.1 Å². The first-order valence-corrected chi connectivity index (χ1v) is 9.82. The van der Waals surface area contributed by atoms with E-state index in [-0.39, 0.29) is 12.5 Å². The van der Waals surface area contributed by atoms with Crippen LogP contribution in [0.3, 0.4) is 0 Å². The Hall–Kier alpha value is -3.93. The summed E-state index contributed by atoms with van der Waals surface area (Å²) in [6.07, 6.45) is 2.54. The summed E-state index contributed by atoms with van der Waals surface area (Å²) in [5, 5.41) is 4.75. The molecule has 0 atom stereocenters. The second kappa shape index (κ2) is 8.83. The summed E-state index contributed by atoms with van der Waals surface area (Å²) in [4.78, 5) is 12.6. The topological polar surface area (TPSA) is 69.9 Å². The first-order chi connectivity index (χ1) is 15.1. The number of hydrogen-bond donors (Lipinski definition) is 1. The first kappa shape index (κ1) is 20.3. The SMILES string of the molecule is C=CCc1ccc(OCC(=O)Nc2cc3oc4ccccc4c3cc2OC)c(OC)c1. The van der Waals surface area contributed by atoms with E-state index in [1.54, 1.807) is 26.4 Å². The van der Waals surface area contributed by atoms with Crippen molar-refractivity contribution in [3.05, 3.63) is 72.8 Å². The molecule has 0 saturated heterocycles. The van der Waals surface area contributed by atoms with Gasteiger partial charge < -0.3 is 23.9 Å². The number of methoxy groups -OCH3 is 2. The summed E-state index contributed by atoms with van der Waals surface area (Å²) in [5.41, 5.74) is 3.00. The summed E-state index contributed by atoms with van der Waals surface area (Å²) in [7, 11) is 3.12. The quantitative estimate of drug-likeness (QED) is 0.392. The third-order valence-electron chi connectivity index (χ3n) is 4.94. The molecule has 0 aliphatic carbocycles. The summed E-state index contributed by atoms with van der Waals surface area (Å²) in [5.74, 6) is 1.27. The third-order valence-corrected chi connectivity index (χ3v) is 4.94. The smallest absolute Gasteiger partial charge is 0.262 e. The fourth-order valence-electron chi connectivity index (χ4n) is 3.47. The van der Waals surface area contributed by atoms with Crippen molar-refractivity contribution in [3.63, 3.8) is 0 Å². The van der Waals surface area contributed by atoms with Gasteiger partial charge in [-0.05, 0) is 36.2 Å². The molecule has 4 rings (SSSR count). The van der Waals surface area contributed by atoms with Crippen LogP contribution in [0.25, 0.3) is 21.9 Å². The van der Waals surface area contributed by atoms with Gasteiger partial charge in [0, 0.05) is 16.8 Å². The summed E-state index contributed by atoms with van der Waals surface area (Å²) >= 11 is 0. The van der Waals surface area contributed by atoms with Gasteiger partial charge >= 0.3 is 0 Å². The highest BCUT2D eigenvalue weighted by atomic mass is 16.5. The number of carbonyl (C=O) groups excluding carboxylic acids is 1. The predicted octanol–water partition coefficient (Wildman–Crippen LogP) is 5.35. The van der Waals surface area contributed by atoms with E-state index < -0.39 is 0 Å². The Morgan fingerprint density at radius 2 is 1.77 bits per heavy atom. The van der Waals surface area contributed by atoms with Crippen LogP contribution in [-0.4, -0.2) is 26.7 Å². The van der Waals surface area contributed by atoms with Crippen LogP contribution in [0, 0.1) is 0 Å². The minimum absolute atomic E-state index is 0.182. The van der Waals surface area contributed by atoms with Gasteiger partial charge in [0.2, 0.25) is 0 Å². The molecule has 0 aliphatic heterocycles. The van der Waals surface area contributed by atoms with Crippen LogP contribution in [0.1, 0.15) is 5.56 Å². The standard InChI is InChI=1S/C25H23NO5/c1-4-7-16-10-11-21(24(12-16)29-3)30-15-25(27)26-19-14-22-18(13-23(19)28-2)17-8-5-6-9-20(17)31-22/h4-6,8-14H,1,7,15H2,2-3H3,(H,26,27). The molecule has 1 aromatic heterocycles.